The van der Waals surface area contributed by atoms with Crippen molar-refractivity contribution in [2.75, 3.05) is 7.05 Å². The zero-order chi connectivity index (χ0) is 11.5. The number of rotatable bonds is 3. The molecule has 0 spiro atoms. The average Bonchev–Trinajstić information content (AvgIpc) is 2.71. The Labute approximate surface area is 107 Å². The van der Waals surface area contributed by atoms with Gasteiger partial charge in [0.2, 0.25) is 0 Å². The predicted octanol–water partition coefficient (Wildman–Crippen LogP) is 2.40. The van der Waals surface area contributed by atoms with Gasteiger partial charge in [-0.15, -0.1) is 5.10 Å². The third kappa shape index (κ3) is 2.26. The lowest BCUT2D eigenvalue weighted by atomic mass is 10.3. The van der Waals surface area contributed by atoms with Crippen LogP contribution in [0.3, 0.4) is 0 Å². The SMILES string of the molecule is CNCc1cnnn1-c1ccc(Br)c(Cl)c1. The van der Waals surface area contributed by atoms with Gasteiger partial charge in [-0.05, 0) is 41.2 Å². The minimum absolute atomic E-state index is 0.656. The fourth-order valence-electron chi connectivity index (χ4n) is 1.39. The molecule has 0 aliphatic rings. The summed E-state index contributed by atoms with van der Waals surface area (Å²) in [4.78, 5) is 0. The highest BCUT2D eigenvalue weighted by molar-refractivity contribution is 9.10. The smallest absolute Gasteiger partial charge is 0.0783 e. The molecule has 1 N–H and O–H groups in total. The lowest BCUT2D eigenvalue weighted by Gasteiger charge is -2.06. The first-order valence-corrected chi connectivity index (χ1v) is 5.89. The van der Waals surface area contributed by atoms with Gasteiger partial charge in [0.05, 0.1) is 22.6 Å². The Hall–Kier alpha value is -0.910. The highest BCUT2D eigenvalue weighted by Gasteiger charge is 2.06. The number of hydrogen-bond acceptors (Lipinski definition) is 3. The predicted molar refractivity (Wildman–Crippen MR) is 66.8 cm³/mol. The molecular formula is C10H10BrClN4. The molecule has 0 fully saturated rings. The Morgan fingerprint density at radius 1 is 1.50 bits per heavy atom. The summed E-state index contributed by atoms with van der Waals surface area (Å²) in [6.07, 6.45) is 1.73. The molecular weight excluding hydrogens is 291 g/mol. The van der Waals surface area contributed by atoms with Crippen molar-refractivity contribution in [1.82, 2.24) is 20.3 Å². The molecule has 1 heterocycles. The molecule has 0 bridgehead atoms. The Kier molecular flexibility index (Phi) is 3.58. The topological polar surface area (TPSA) is 42.7 Å². The van der Waals surface area contributed by atoms with Crippen LogP contribution in [0.25, 0.3) is 5.69 Å². The zero-order valence-corrected chi connectivity index (χ0v) is 11.0. The molecule has 0 amide bonds. The van der Waals surface area contributed by atoms with E-state index in [1.807, 2.05) is 25.2 Å². The Balaban J connectivity index is 2.42. The maximum absolute atomic E-state index is 6.04. The Morgan fingerprint density at radius 3 is 3.00 bits per heavy atom. The second-order valence-electron chi connectivity index (χ2n) is 3.27. The van der Waals surface area contributed by atoms with E-state index in [1.165, 1.54) is 0 Å². The number of nitrogens with one attached hydrogen (secondary N) is 1. The molecule has 6 heteroatoms. The highest BCUT2D eigenvalue weighted by atomic mass is 79.9. The van der Waals surface area contributed by atoms with Gasteiger partial charge in [-0.3, -0.25) is 0 Å². The first-order chi connectivity index (χ1) is 7.72. The summed E-state index contributed by atoms with van der Waals surface area (Å²) in [7, 11) is 1.88. The molecule has 2 aromatic rings. The first kappa shape index (κ1) is 11.6. The van der Waals surface area contributed by atoms with Crippen LogP contribution in [0.1, 0.15) is 5.69 Å². The molecule has 4 nitrogen and oxygen atoms in total. The van der Waals surface area contributed by atoms with E-state index in [0.29, 0.717) is 11.6 Å². The summed E-state index contributed by atoms with van der Waals surface area (Å²) in [6.45, 7) is 0.709. The van der Waals surface area contributed by atoms with E-state index in [1.54, 1.807) is 10.9 Å². The monoisotopic (exact) mass is 300 g/mol. The standard InChI is InChI=1S/C10H10BrClN4/c1-13-5-8-6-14-15-16(8)7-2-3-9(11)10(12)4-7/h2-4,6,13H,5H2,1H3. The van der Waals surface area contributed by atoms with Crippen LogP contribution in [0.5, 0.6) is 0 Å². The van der Waals surface area contributed by atoms with Gasteiger partial charge in [-0.2, -0.15) is 0 Å². The van der Waals surface area contributed by atoms with Gasteiger partial charge in [0.25, 0.3) is 0 Å². The van der Waals surface area contributed by atoms with Crippen LogP contribution in [-0.4, -0.2) is 22.0 Å². The van der Waals surface area contributed by atoms with E-state index >= 15 is 0 Å². The summed E-state index contributed by atoms with van der Waals surface area (Å²) in [5.74, 6) is 0. The molecule has 16 heavy (non-hydrogen) atoms. The van der Waals surface area contributed by atoms with Crippen LogP contribution in [-0.2, 0) is 6.54 Å². The summed E-state index contributed by atoms with van der Waals surface area (Å²) >= 11 is 9.39. The molecule has 0 radical (unpaired) electrons. The normalized spacial score (nSPS) is 10.7. The van der Waals surface area contributed by atoms with Gasteiger partial charge >= 0.3 is 0 Å². The largest absolute Gasteiger partial charge is 0.314 e. The van der Waals surface area contributed by atoms with E-state index < -0.39 is 0 Å². The van der Waals surface area contributed by atoms with Gasteiger partial charge in [-0.25, -0.2) is 4.68 Å². The van der Waals surface area contributed by atoms with E-state index in [-0.39, 0.29) is 0 Å². The van der Waals surface area contributed by atoms with Gasteiger partial charge in [-0.1, -0.05) is 16.8 Å². The van der Waals surface area contributed by atoms with Crippen molar-refractivity contribution in [2.24, 2.45) is 0 Å². The fourth-order valence-corrected chi connectivity index (χ4v) is 1.81. The first-order valence-electron chi connectivity index (χ1n) is 4.72. The summed E-state index contributed by atoms with van der Waals surface area (Å²) in [5, 5.41) is 11.6. The molecule has 0 saturated heterocycles. The van der Waals surface area contributed by atoms with Crippen molar-refractivity contribution in [3.63, 3.8) is 0 Å². The lowest BCUT2D eigenvalue weighted by molar-refractivity contribution is 0.714. The van der Waals surface area contributed by atoms with Crippen LogP contribution >= 0.6 is 27.5 Å². The minimum Gasteiger partial charge on any atom is -0.314 e. The number of aromatic nitrogens is 3. The molecule has 2 rings (SSSR count). The van der Waals surface area contributed by atoms with Crippen LogP contribution in [0.15, 0.2) is 28.9 Å². The molecule has 0 unspecified atom stereocenters. The van der Waals surface area contributed by atoms with Crippen LogP contribution in [0.4, 0.5) is 0 Å². The van der Waals surface area contributed by atoms with E-state index in [4.69, 9.17) is 11.6 Å². The molecule has 84 valence electrons. The van der Waals surface area contributed by atoms with Crippen molar-refractivity contribution in [2.45, 2.75) is 6.54 Å². The average molecular weight is 302 g/mol. The van der Waals surface area contributed by atoms with Gasteiger partial charge < -0.3 is 5.32 Å². The fraction of sp³-hybridized carbons (Fsp3) is 0.200. The maximum Gasteiger partial charge on any atom is 0.0783 e. The number of benzene rings is 1. The third-order valence-corrected chi connectivity index (χ3v) is 3.36. The van der Waals surface area contributed by atoms with Crippen LogP contribution < -0.4 is 5.32 Å². The zero-order valence-electron chi connectivity index (χ0n) is 8.61. The second-order valence-corrected chi connectivity index (χ2v) is 4.53. The lowest BCUT2D eigenvalue weighted by Crippen LogP contribution is -2.11. The van der Waals surface area contributed by atoms with Gasteiger partial charge in [0.1, 0.15) is 0 Å². The van der Waals surface area contributed by atoms with Crippen molar-refractivity contribution in [3.8, 4) is 5.69 Å². The number of halogens is 2. The minimum atomic E-state index is 0.656. The highest BCUT2D eigenvalue weighted by Crippen LogP contribution is 2.24. The number of hydrogen-bond donors (Lipinski definition) is 1. The Bertz CT molecular complexity index is 497. The van der Waals surface area contributed by atoms with Crippen molar-refractivity contribution in [1.29, 1.82) is 0 Å². The van der Waals surface area contributed by atoms with E-state index in [9.17, 15) is 0 Å². The number of nitrogens with zero attached hydrogens (tertiary/aromatic N) is 3. The molecule has 0 atom stereocenters. The molecule has 0 aliphatic carbocycles. The van der Waals surface area contributed by atoms with Crippen molar-refractivity contribution < 1.29 is 0 Å². The molecule has 0 saturated carbocycles. The maximum atomic E-state index is 6.04. The van der Waals surface area contributed by atoms with Crippen molar-refractivity contribution >= 4 is 27.5 Å². The van der Waals surface area contributed by atoms with E-state index in [2.05, 4.69) is 31.6 Å². The second kappa shape index (κ2) is 4.95. The van der Waals surface area contributed by atoms with Crippen molar-refractivity contribution in [3.05, 3.63) is 39.6 Å². The molecule has 1 aromatic heterocycles. The van der Waals surface area contributed by atoms with E-state index in [0.717, 1.165) is 15.9 Å². The van der Waals surface area contributed by atoms with Crippen LogP contribution in [0, 0.1) is 0 Å². The summed E-state index contributed by atoms with van der Waals surface area (Å²) in [6, 6.07) is 5.67. The third-order valence-electron chi connectivity index (χ3n) is 2.13. The van der Waals surface area contributed by atoms with Crippen LogP contribution in [0.2, 0.25) is 5.02 Å². The molecule has 1 aromatic carbocycles. The van der Waals surface area contributed by atoms with Gasteiger partial charge in [0, 0.05) is 11.0 Å². The summed E-state index contributed by atoms with van der Waals surface area (Å²) in [5.41, 5.74) is 1.89. The Morgan fingerprint density at radius 2 is 2.31 bits per heavy atom. The quantitative estimate of drug-likeness (QED) is 0.946. The summed E-state index contributed by atoms with van der Waals surface area (Å²) < 4.78 is 2.63. The van der Waals surface area contributed by atoms with Gasteiger partial charge in [0.15, 0.2) is 0 Å². The molecule has 0 aliphatic heterocycles.